The van der Waals surface area contributed by atoms with Crippen LogP contribution in [0.3, 0.4) is 0 Å². The summed E-state index contributed by atoms with van der Waals surface area (Å²) in [5.74, 6) is -1.06. The minimum atomic E-state index is -4.47. The average molecular weight is 343 g/mol. The number of rotatable bonds is 4. The number of carbonyl (C=O) groups is 1. The van der Waals surface area contributed by atoms with Crippen LogP contribution in [0.25, 0.3) is 0 Å². The number of anilines is 1. The van der Waals surface area contributed by atoms with Crippen molar-refractivity contribution in [1.29, 1.82) is 0 Å². The van der Waals surface area contributed by atoms with Crippen molar-refractivity contribution in [2.75, 3.05) is 5.43 Å². The van der Waals surface area contributed by atoms with E-state index in [-0.39, 0.29) is 16.1 Å². The summed E-state index contributed by atoms with van der Waals surface area (Å²) < 4.78 is 37.9. The predicted octanol–water partition coefficient (Wildman–Crippen LogP) is 4.50. The molecule has 0 fully saturated rings. The molecule has 0 amide bonds. The molecule has 0 spiro atoms. The van der Waals surface area contributed by atoms with E-state index in [1.165, 1.54) is 24.3 Å². The Kier molecular flexibility index (Phi) is 4.90. The van der Waals surface area contributed by atoms with E-state index in [2.05, 4.69) is 10.5 Å². The van der Waals surface area contributed by atoms with Crippen LogP contribution in [-0.4, -0.2) is 17.3 Å². The lowest BCUT2D eigenvalue weighted by Crippen LogP contribution is -2.05. The molecule has 0 aliphatic carbocycles. The lowest BCUT2D eigenvalue weighted by atomic mass is 10.1. The highest BCUT2D eigenvalue weighted by Crippen LogP contribution is 2.31. The first-order chi connectivity index (χ1) is 10.8. The van der Waals surface area contributed by atoms with Gasteiger partial charge in [-0.25, -0.2) is 4.79 Å². The monoisotopic (exact) mass is 342 g/mol. The molecule has 0 atom stereocenters. The highest BCUT2D eigenvalue weighted by atomic mass is 35.5. The maximum atomic E-state index is 12.6. The Morgan fingerprint density at radius 2 is 1.83 bits per heavy atom. The Balaban J connectivity index is 2.12. The first kappa shape index (κ1) is 16.8. The fraction of sp³-hybridized carbons (Fsp3) is 0.0667. The molecule has 0 unspecified atom stereocenters. The molecule has 0 aromatic heterocycles. The van der Waals surface area contributed by atoms with Crippen LogP contribution in [-0.2, 0) is 6.18 Å². The molecule has 23 heavy (non-hydrogen) atoms. The molecule has 120 valence electrons. The summed E-state index contributed by atoms with van der Waals surface area (Å²) in [5.41, 5.74) is 2.46. The molecule has 0 saturated heterocycles. The van der Waals surface area contributed by atoms with E-state index >= 15 is 0 Å². The van der Waals surface area contributed by atoms with Gasteiger partial charge < -0.3 is 5.11 Å². The SMILES string of the molecule is O=C(O)c1ccc(N/N=C/c2cc(C(F)(F)F)ccc2Cl)cc1. The van der Waals surface area contributed by atoms with Gasteiger partial charge >= 0.3 is 12.1 Å². The van der Waals surface area contributed by atoms with E-state index in [0.717, 1.165) is 24.4 Å². The van der Waals surface area contributed by atoms with Crippen LogP contribution in [0.2, 0.25) is 5.02 Å². The van der Waals surface area contributed by atoms with Crippen LogP contribution in [0, 0.1) is 0 Å². The molecule has 4 nitrogen and oxygen atoms in total. The van der Waals surface area contributed by atoms with Crippen molar-refractivity contribution in [3.05, 3.63) is 64.2 Å². The van der Waals surface area contributed by atoms with Gasteiger partial charge in [-0.2, -0.15) is 18.3 Å². The molecule has 8 heteroatoms. The van der Waals surface area contributed by atoms with Gasteiger partial charge in [-0.15, -0.1) is 0 Å². The summed E-state index contributed by atoms with van der Waals surface area (Å²) in [6.07, 6.45) is -3.31. The Labute approximate surface area is 134 Å². The first-order valence-corrected chi connectivity index (χ1v) is 6.64. The number of nitrogens with one attached hydrogen (secondary N) is 1. The summed E-state index contributed by atoms with van der Waals surface area (Å²) in [4.78, 5) is 10.7. The number of nitrogens with zero attached hydrogens (tertiary/aromatic N) is 1. The number of hydrogen-bond donors (Lipinski definition) is 2. The topological polar surface area (TPSA) is 61.7 Å². The molecule has 0 aliphatic rings. The van der Waals surface area contributed by atoms with Crippen LogP contribution in [0.1, 0.15) is 21.5 Å². The third kappa shape index (κ3) is 4.46. The molecule has 2 N–H and O–H groups in total. The molecule has 0 heterocycles. The summed E-state index contributed by atoms with van der Waals surface area (Å²) >= 11 is 5.83. The van der Waals surface area contributed by atoms with Crippen molar-refractivity contribution in [3.8, 4) is 0 Å². The maximum Gasteiger partial charge on any atom is 0.416 e. The van der Waals surface area contributed by atoms with Crippen molar-refractivity contribution in [2.24, 2.45) is 5.10 Å². The highest BCUT2D eigenvalue weighted by Gasteiger charge is 2.30. The summed E-state index contributed by atoms with van der Waals surface area (Å²) in [6.45, 7) is 0. The van der Waals surface area contributed by atoms with Crippen molar-refractivity contribution < 1.29 is 23.1 Å². The van der Waals surface area contributed by atoms with Gasteiger partial charge in [-0.3, -0.25) is 5.43 Å². The number of hydrogen-bond acceptors (Lipinski definition) is 3. The van der Waals surface area contributed by atoms with Gasteiger partial charge in [0.05, 0.1) is 23.0 Å². The Morgan fingerprint density at radius 3 is 2.39 bits per heavy atom. The fourth-order valence-corrected chi connectivity index (χ4v) is 1.85. The minimum absolute atomic E-state index is 0.108. The van der Waals surface area contributed by atoms with E-state index in [1.54, 1.807) is 0 Å². The number of halogens is 4. The van der Waals surface area contributed by atoms with Crippen molar-refractivity contribution in [1.82, 2.24) is 0 Å². The molecular formula is C15H10ClF3N2O2. The van der Waals surface area contributed by atoms with Crippen LogP contribution in [0.5, 0.6) is 0 Å². The van der Waals surface area contributed by atoms with Crippen LogP contribution in [0.15, 0.2) is 47.6 Å². The zero-order valence-electron chi connectivity index (χ0n) is 11.4. The van der Waals surface area contributed by atoms with Gasteiger partial charge in [0, 0.05) is 10.6 Å². The second-order valence-electron chi connectivity index (χ2n) is 4.49. The quantitative estimate of drug-likeness (QED) is 0.635. The summed E-state index contributed by atoms with van der Waals surface area (Å²) in [6, 6.07) is 8.63. The van der Waals surface area contributed by atoms with Crippen LogP contribution in [0.4, 0.5) is 18.9 Å². The Hall–Kier alpha value is -2.54. The summed E-state index contributed by atoms with van der Waals surface area (Å²) in [7, 11) is 0. The van der Waals surface area contributed by atoms with E-state index in [4.69, 9.17) is 16.7 Å². The fourth-order valence-electron chi connectivity index (χ4n) is 1.68. The molecule has 0 radical (unpaired) electrons. The normalized spacial score (nSPS) is 11.7. The standard InChI is InChI=1S/C15H10ClF3N2O2/c16-13-6-3-11(15(17,18)19)7-10(13)8-20-21-12-4-1-9(2-5-12)14(22)23/h1-8,21H,(H,22,23)/b20-8+. The number of benzene rings is 2. The number of carboxylic acid groups (broad SMARTS) is 1. The molecule has 0 aliphatic heterocycles. The lowest BCUT2D eigenvalue weighted by molar-refractivity contribution is -0.137. The van der Waals surface area contributed by atoms with E-state index in [1.807, 2.05) is 0 Å². The van der Waals surface area contributed by atoms with E-state index < -0.39 is 17.7 Å². The van der Waals surface area contributed by atoms with Crippen molar-refractivity contribution >= 4 is 29.5 Å². The third-order valence-electron chi connectivity index (χ3n) is 2.85. The minimum Gasteiger partial charge on any atom is -0.478 e. The van der Waals surface area contributed by atoms with Crippen LogP contribution < -0.4 is 5.43 Å². The van der Waals surface area contributed by atoms with Crippen LogP contribution >= 0.6 is 11.6 Å². The molecule has 2 aromatic rings. The van der Waals surface area contributed by atoms with Gasteiger partial charge in [0.15, 0.2) is 0 Å². The van der Waals surface area contributed by atoms with Gasteiger partial charge in [0.2, 0.25) is 0 Å². The number of hydrazone groups is 1. The van der Waals surface area contributed by atoms with Crippen molar-refractivity contribution in [3.63, 3.8) is 0 Å². The summed E-state index contributed by atoms with van der Waals surface area (Å²) in [5, 5.41) is 12.7. The second kappa shape index (κ2) is 6.70. The van der Waals surface area contributed by atoms with Gasteiger partial charge in [-0.1, -0.05) is 11.6 Å². The van der Waals surface area contributed by atoms with Crippen molar-refractivity contribution in [2.45, 2.75) is 6.18 Å². The molecular weight excluding hydrogens is 333 g/mol. The highest BCUT2D eigenvalue weighted by molar-refractivity contribution is 6.33. The largest absolute Gasteiger partial charge is 0.478 e. The van der Waals surface area contributed by atoms with Gasteiger partial charge in [0.1, 0.15) is 0 Å². The number of aromatic carboxylic acids is 1. The number of carboxylic acids is 1. The number of alkyl halides is 3. The molecule has 2 aromatic carbocycles. The Bertz CT molecular complexity index is 743. The van der Waals surface area contributed by atoms with Gasteiger partial charge in [0.25, 0.3) is 0 Å². The predicted molar refractivity (Wildman–Crippen MR) is 81.1 cm³/mol. The third-order valence-corrected chi connectivity index (χ3v) is 3.20. The molecule has 0 bridgehead atoms. The average Bonchev–Trinajstić information content (AvgIpc) is 2.48. The molecule has 2 rings (SSSR count). The molecule has 0 saturated carbocycles. The first-order valence-electron chi connectivity index (χ1n) is 6.26. The smallest absolute Gasteiger partial charge is 0.416 e. The second-order valence-corrected chi connectivity index (χ2v) is 4.89. The zero-order chi connectivity index (χ0) is 17.0. The van der Waals surface area contributed by atoms with Gasteiger partial charge in [-0.05, 0) is 42.5 Å². The van der Waals surface area contributed by atoms with E-state index in [9.17, 15) is 18.0 Å². The van der Waals surface area contributed by atoms with E-state index in [0.29, 0.717) is 5.69 Å². The zero-order valence-corrected chi connectivity index (χ0v) is 12.2. The Morgan fingerprint density at radius 1 is 1.17 bits per heavy atom. The lowest BCUT2D eigenvalue weighted by Gasteiger charge is -2.08. The maximum absolute atomic E-state index is 12.6.